The summed E-state index contributed by atoms with van der Waals surface area (Å²) in [5, 5.41) is 5.56. The van der Waals surface area contributed by atoms with Crippen LogP contribution in [0, 0.1) is 5.82 Å². The van der Waals surface area contributed by atoms with Crippen LogP contribution in [0.2, 0.25) is 0 Å². The Hall–Kier alpha value is -2.15. The van der Waals surface area contributed by atoms with Crippen molar-refractivity contribution in [1.82, 2.24) is 20.4 Å². The van der Waals surface area contributed by atoms with E-state index >= 15 is 0 Å². The Kier molecular flexibility index (Phi) is 6.54. The molecule has 3 amide bonds. The number of rotatable bonds is 5. The Labute approximate surface area is 142 Å². The average Bonchev–Trinajstić information content (AvgIpc) is 2.60. The van der Waals surface area contributed by atoms with E-state index in [1.807, 2.05) is 18.7 Å². The maximum atomic E-state index is 13.6. The lowest BCUT2D eigenvalue weighted by molar-refractivity contribution is -0.126. The van der Waals surface area contributed by atoms with E-state index in [1.165, 1.54) is 6.07 Å². The zero-order chi connectivity index (χ0) is 17.5. The molecule has 6 nitrogen and oxygen atoms in total. The van der Waals surface area contributed by atoms with Gasteiger partial charge in [0, 0.05) is 44.8 Å². The second-order valence-electron chi connectivity index (χ2n) is 5.84. The van der Waals surface area contributed by atoms with Crippen LogP contribution in [0.3, 0.4) is 0 Å². The Balaban J connectivity index is 1.80. The van der Waals surface area contributed by atoms with Gasteiger partial charge in [-0.2, -0.15) is 0 Å². The van der Waals surface area contributed by atoms with Crippen molar-refractivity contribution in [2.75, 3.05) is 32.7 Å². The second-order valence-corrected chi connectivity index (χ2v) is 5.84. The molecule has 1 fully saturated rings. The van der Waals surface area contributed by atoms with Gasteiger partial charge in [-0.15, -0.1) is 0 Å². The maximum Gasteiger partial charge on any atom is 0.317 e. The first-order chi connectivity index (χ1) is 11.5. The minimum Gasteiger partial charge on any atom is -0.351 e. The molecule has 24 heavy (non-hydrogen) atoms. The fourth-order valence-corrected chi connectivity index (χ4v) is 2.71. The van der Waals surface area contributed by atoms with Crippen LogP contribution in [0.1, 0.15) is 19.4 Å². The van der Waals surface area contributed by atoms with Crippen molar-refractivity contribution in [2.24, 2.45) is 0 Å². The molecule has 1 aliphatic heterocycles. The van der Waals surface area contributed by atoms with E-state index < -0.39 is 0 Å². The maximum absolute atomic E-state index is 13.6. The molecule has 2 rings (SSSR count). The third-order valence-corrected chi connectivity index (χ3v) is 4.27. The fraction of sp³-hybridized carbons (Fsp3) is 0.529. The average molecular weight is 336 g/mol. The van der Waals surface area contributed by atoms with Gasteiger partial charge < -0.3 is 15.5 Å². The molecule has 0 saturated carbocycles. The highest BCUT2D eigenvalue weighted by atomic mass is 19.1. The molecule has 7 heteroatoms. The molecular formula is C17H25FN4O2. The summed E-state index contributed by atoms with van der Waals surface area (Å²) in [6.07, 6.45) is 0. The molecule has 1 aromatic carbocycles. The number of carbonyl (C=O) groups is 2. The molecule has 1 aliphatic rings. The van der Waals surface area contributed by atoms with E-state index in [-0.39, 0.29) is 30.3 Å². The van der Waals surface area contributed by atoms with Crippen molar-refractivity contribution < 1.29 is 14.0 Å². The van der Waals surface area contributed by atoms with Crippen molar-refractivity contribution in [2.45, 2.75) is 26.4 Å². The molecular weight excluding hydrogens is 311 g/mol. The molecule has 1 unspecified atom stereocenters. The van der Waals surface area contributed by atoms with Crippen molar-refractivity contribution in [3.8, 4) is 0 Å². The predicted molar refractivity (Wildman–Crippen MR) is 89.9 cm³/mol. The van der Waals surface area contributed by atoms with Crippen molar-refractivity contribution in [3.63, 3.8) is 0 Å². The number of amides is 3. The lowest BCUT2D eigenvalue weighted by atomic mass is 10.2. The van der Waals surface area contributed by atoms with E-state index in [4.69, 9.17) is 0 Å². The van der Waals surface area contributed by atoms with Crippen LogP contribution in [-0.2, 0) is 11.3 Å². The van der Waals surface area contributed by atoms with E-state index in [0.717, 1.165) is 0 Å². The van der Waals surface area contributed by atoms with Crippen LogP contribution in [-0.4, -0.2) is 60.5 Å². The summed E-state index contributed by atoms with van der Waals surface area (Å²) in [5.74, 6) is -0.453. The van der Waals surface area contributed by atoms with E-state index in [1.54, 1.807) is 23.1 Å². The number of hydrogen-bond acceptors (Lipinski definition) is 3. The number of nitrogens with one attached hydrogen (secondary N) is 2. The normalized spacial score (nSPS) is 16.5. The Morgan fingerprint density at radius 2 is 1.83 bits per heavy atom. The molecule has 0 aromatic heterocycles. The van der Waals surface area contributed by atoms with E-state index in [9.17, 15) is 14.0 Å². The smallest absolute Gasteiger partial charge is 0.317 e. The highest BCUT2D eigenvalue weighted by molar-refractivity contribution is 5.81. The monoisotopic (exact) mass is 336 g/mol. The van der Waals surface area contributed by atoms with Crippen LogP contribution >= 0.6 is 0 Å². The number of piperazine rings is 1. The molecule has 0 spiro atoms. The molecule has 1 heterocycles. The van der Waals surface area contributed by atoms with Gasteiger partial charge in [-0.05, 0) is 19.9 Å². The van der Waals surface area contributed by atoms with Crippen LogP contribution in [0.4, 0.5) is 9.18 Å². The number of halogens is 1. The quantitative estimate of drug-likeness (QED) is 0.849. The Morgan fingerprint density at radius 1 is 1.17 bits per heavy atom. The summed E-state index contributed by atoms with van der Waals surface area (Å²) >= 11 is 0. The van der Waals surface area contributed by atoms with Crippen molar-refractivity contribution in [3.05, 3.63) is 35.6 Å². The SMILES string of the molecule is CCNC(=O)N1CCN(C(C)C(=O)NCc2ccccc2F)CC1. The van der Waals surface area contributed by atoms with Gasteiger partial charge in [0.15, 0.2) is 0 Å². The lowest BCUT2D eigenvalue weighted by Gasteiger charge is -2.37. The van der Waals surface area contributed by atoms with Crippen LogP contribution in [0.15, 0.2) is 24.3 Å². The third-order valence-electron chi connectivity index (χ3n) is 4.27. The molecule has 1 aromatic rings. The predicted octanol–water partition coefficient (Wildman–Crippen LogP) is 1.18. The summed E-state index contributed by atoms with van der Waals surface area (Å²) in [6.45, 7) is 6.97. The van der Waals surface area contributed by atoms with Gasteiger partial charge in [-0.25, -0.2) is 9.18 Å². The highest BCUT2D eigenvalue weighted by Gasteiger charge is 2.27. The first kappa shape index (κ1) is 18.2. The summed E-state index contributed by atoms with van der Waals surface area (Å²) in [5.41, 5.74) is 0.471. The Morgan fingerprint density at radius 3 is 2.46 bits per heavy atom. The van der Waals surface area contributed by atoms with Crippen molar-refractivity contribution >= 4 is 11.9 Å². The molecule has 0 radical (unpaired) electrons. The number of benzene rings is 1. The second kappa shape index (κ2) is 8.63. The fourth-order valence-electron chi connectivity index (χ4n) is 2.71. The minimum atomic E-state index is -0.319. The molecule has 0 aliphatic carbocycles. The van der Waals surface area contributed by atoms with E-state index in [2.05, 4.69) is 10.6 Å². The first-order valence-electron chi connectivity index (χ1n) is 8.31. The Bertz CT molecular complexity index is 573. The van der Waals surface area contributed by atoms with Gasteiger partial charge in [0.2, 0.25) is 5.91 Å². The molecule has 132 valence electrons. The van der Waals surface area contributed by atoms with E-state index in [0.29, 0.717) is 38.3 Å². The molecule has 2 N–H and O–H groups in total. The number of urea groups is 1. The van der Waals surface area contributed by atoms with Gasteiger partial charge in [0.25, 0.3) is 0 Å². The number of carbonyl (C=O) groups excluding carboxylic acids is 2. The van der Waals surface area contributed by atoms with Gasteiger partial charge in [0.05, 0.1) is 6.04 Å². The molecule has 1 atom stereocenters. The minimum absolute atomic E-state index is 0.0613. The van der Waals surface area contributed by atoms with Gasteiger partial charge in [0.1, 0.15) is 5.82 Å². The van der Waals surface area contributed by atoms with Crippen molar-refractivity contribution in [1.29, 1.82) is 0 Å². The van der Waals surface area contributed by atoms with Crippen LogP contribution < -0.4 is 10.6 Å². The van der Waals surface area contributed by atoms with Crippen LogP contribution in [0.25, 0.3) is 0 Å². The lowest BCUT2D eigenvalue weighted by Crippen LogP contribution is -2.56. The number of nitrogens with zero attached hydrogens (tertiary/aromatic N) is 2. The zero-order valence-corrected chi connectivity index (χ0v) is 14.2. The summed E-state index contributed by atoms with van der Waals surface area (Å²) in [4.78, 5) is 27.8. The highest BCUT2D eigenvalue weighted by Crippen LogP contribution is 2.09. The number of hydrogen-bond donors (Lipinski definition) is 2. The first-order valence-corrected chi connectivity index (χ1v) is 8.31. The molecule has 0 bridgehead atoms. The van der Waals surface area contributed by atoms with Gasteiger partial charge in [-0.3, -0.25) is 9.69 Å². The zero-order valence-electron chi connectivity index (χ0n) is 14.2. The topological polar surface area (TPSA) is 64.7 Å². The third kappa shape index (κ3) is 4.67. The summed E-state index contributed by atoms with van der Waals surface area (Å²) < 4.78 is 13.6. The summed E-state index contributed by atoms with van der Waals surface area (Å²) in [7, 11) is 0. The van der Waals surface area contributed by atoms with Crippen LogP contribution in [0.5, 0.6) is 0 Å². The van der Waals surface area contributed by atoms with Gasteiger partial charge in [-0.1, -0.05) is 18.2 Å². The standard InChI is InChI=1S/C17H25FN4O2/c1-3-19-17(24)22-10-8-21(9-11-22)13(2)16(23)20-12-14-6-4-5-7-15(14)18/h4-7,13H,3,8-12H2,1-2H3,(H,19,24)(H,20,23). The van der Waals surface area contributed by atoms with Gasteiger partial charge >= 0.3 is 6.03 Å². The molecule has 1 saturated heterocycles. The largest absolute Gasteiger partial charge is 0.351 e. The summed E-state index contributed by atoms with van der Waals surface area (Å²) in [6, 6.07) is 6.03.